The third-order valence-electron chi connectivity index (χ3n) is 3.99. The number of aromatic nitrogens is 3. The van der Waals surface area contributed by atoms with Crippen LogP contribution in [0, 0.1) is 17.1 Å². The molecule has 3 aromatic rings. The molecule has 3 heterocycles. The zero-order valence-corrected chi connectivity index (χ0v) is 13.2. The zero-order valence-electron chi connectivity index (χ0n) is 13.2. The van der Waals surface area contributed by atoms with Crippen molar-refractivity contribution in [2.75, 3.05) is 0 Å². The zero-order chi connectivity index (χ0) is 17.2. The van der Waals surface area contributed by atoms with Crippen LogP contribution in [0.5, 0.6) is 5.88 Å². The number of rotatable bonds is 4. The number of halogens is 1. The number of nitrogens with zero attached hydrogens (tertiary/aromatic N) is 4. The predicted octanol–water partition coefficient (Wildman–Crippen LogP) is 2.46. The number of nitrogens with one attached hydrogen (secondary N) is 1. The molecule has 1 N–H and O–H groups in total. The Morgan fingerprint density at radius 3 is 3.00 bits per heavy atom. The lowest BCUT2D eigenvalue weighted by molar-refractivity contribution is 0.287. The van der Waals surface area contributed by atoms with Gasteiger partial charge in [0.1, 0.15) is 12.4 Å². The van der Waals surface area contributed by atoms with Crippen molar-refractivity contribution in [1.82, 2.24) is 20.1 Å². The van der Waals surface area contributed by atoms with E-state index in [0.717, 1.165) is 24.3 Å². The number of pyridine rings is 1. The van der Waals surface area contributed by atoms with Crippen LogP contribution in [0.2, 0.25) is 0 Å². The van der Waals surface area contributed by atoms with Crippen LogP contribution in [0.3, 0.4) is 0 Å². The standard InChI is InChI=1S/C18H14FN5O/c19-15-6-12(7-20)4-5-13(15)11-25-18-3-1-2-17(22-18)24-10-14-8-21-9-16(14)23-24/h1-6,10,21H,8-9,11H2. The molecule has 0 spiro atoms. The van der Waals surface area contributed by atoms with Crippen LogP contribution in [-0.4, -0.2) is 14.8 Å². The monoisotopic (exact) mass is 335 g/mol. The summed E-state index contributed by atoms with van der Waals surface area (Å²) in [4.78, 5) is 4.42. The van der Waals surface area contributed by atoms with Gasteiger partial charge in [-0.15, -0.1) is 0 Å². The van der Waals surface area contributed by atoms with E-state index < -0.39 is 5.82 Å². The first kappa shape index (κ1) is 15.3. The van der Waals surface area contributed by atoms with Crippen molar-refractivity contribution in [2.45, 2.75) is 19.7 Å². The SMILES string of the molecule is N#Cc1ccc(COc2cccc(-n3cc4c(n3)CNC4)n2)c(F)c1. The number of hydrogen-bond donors (Lipinski definition) is 1. The molecule has 0 saturated heterocycles. The van der Waals surface area contributed by atoms with Crippen molar-refractivity contribution in [1.29, 1.82) is 5.26 Å². The second-order valence-electron chi connectivity index (χ2n) is 5.69. The minimum atomic E-state index is -0.466. The average Bonchev–Trinajstić information content (AvgIpc) is 3.23. The van der Waals surface area contributed by atoms with Gasteiger partial charge in [0.25, 0.3) is 0 Å². The van der Waals surface area contributed by atoms with E-state index in [2.05, 4.69) is 15.4 Å². The van der Waals surface area contributed by atoms with Gasteiger partial charge in [0.15, 0.2) is 5.82 Å². The summed E-state index contributed by atoms with van der Waals surface area (Å²) in [5.41, 5.74) is 2.83. The van der Waals surface area contributed by atoms with Crippen LogP contribution in [0.15, 0.2) is 42.6 Å². The molecule has 1 aromatic carbocycles. The Bertz CT molecular complexity index is 954. The molecule has 1 aliphatic heterocycles. The van der Waals surface area contributed by atoms with E-state index in [0.29, 0.717) is 17.3 Å². The van der Waals surface area contributed by atoms with Crippen LogP contribution < -0.4 is 10.1 Å². The van der Waals surface area contributed by atoms with E-state index in [-0.39, 0.29) is 12.2 Å². The highest BCUT2D eigenvalue weighted by molar-refractivity contribution is 5.33. The third-order valence-corrected chi connectivity index (χ3v) is 3.99. The summed E-state index contributed by atoms with van der Waals surface area (Å²) < 4.78 is 21.2. The fourth-order valence-corrected chi connectivity index (χ4v) is 2.67. The summed E-state index contributed by atoms with van der Waals surface area (Å²) >= 11 is 0. The van der Waals surface area contributed by atoms with E-state index in [1.165, 1.54) is 6.07 Å². The molecular weight excluding hydrogens is 321 g/mol. The Balaban J connectivity index is 1.51. The molecule has 0 fully saturated rings. The fraction of sp³-hybridized carbons (Fsp3) is 0.167. The van der Waals surface area contributed by atoms with Crippen LogP contribution in [0.4, 0.5) is 4.39 Å². The van der Waals surface area contributed by atoms with Gasteiger partial charge >= 0.3 is 0 Å². The lowest BCUT2D eigenvalue weighted by atomic mass is 10.1. The number of ether oxygens (including phenoxy) is 1. The third kappa shape index (κ3) is 3.07. The molecule has 124 valence electrons. The summed E-state index contributed by atoms with van der Waals surface area (Å²) in [7, 11) is 0. The van der Waals surface area contributed by atoms with Gasteiger partial charge in [-0.05, 0) is 18.2 Å². The minimum Gasteiger partial charge on any atom is -0.473 e. The highest BCUT2D eigenvalue weighted by Crippen LogP contribution is 2.18. The van der Waals surface area contributed by atoms with E-state index in [1.807, 2.05) is 24.4 Å². The molecule has 0 aliphatic carbocycles. The molecule has 2 aromatic heterocycles. The molecule has 0 radical (unpaired) electrons. The second-order valence-corrected chi connectivity index (χ2v) is 5.69. The Morgan fingerprint density at radius 1 is 1.28 bits per heavy atom. The molecule has 0 atom stereocenters. The van der Waals surface area contributed by atoms with Gasteiger partial charge < -0.3 is 10.1 Å². The van der Waals surface area contributed by atoms with E-state index >= 15 is 0 Å². The Labute approximate surface area is 143 Å². The quantitative estimate of drug-likeness (QED) is 0.793. The molecule has 1 aliphatic rings. The molecule has 4 rings (SSSR count). The minimum absolute atomic E-state index is 0.0352. The maximum Gasteiger partial charge on any atom is 0.215 e. The van der Waals surface area contributed by atoms with Crippen molar-refractivity contribution in [3.05, 3.63) is 70.8 Å². The Kier molecular flexibility index (Phi) is 3.88. The molecule has 0 bridgehead atoms. The number of fused-ring (bicyclic) bond motifs is 1. The summed E-state index contributed by atoms with van der Waals surface area (Å²) in [6.45, 7) is 1.60. The molecule has 7 heteroatoms. The van der Waals surface area contributed by atoms with E-state index in [1.54, 1.807) is 22.9 Å². The van der Waals surface area contributed by atoms with E-state index in [9.17, 15) is 4.39 Å². The van der Waals surface area contributed by atoms with Gasteiger partial charge in [-0.25, -0.2) is 9.07 Å². The Hall–Kier alpha value is -3.24. The van der Waals surface area contributed by atoms with Crippen LogP contribution in [-0.2, 0) is 19.7 Å². The van der Waals surface area contributed by atoms with Crippen molar-refractivity contribution >= 4 is 0 Å². The second kappa shape index (κ2) is 6.34. The van der Waals surface area contributed by atoms with Gasteiger partial charge in [0.05, 0.1) is 17.3 Å². The smallest absolute Gasteiger partial charge is 0.215 e. The summed E-state index contributed by atoms with van der Waals surface area (Å²) in [6.07, 6.45) is 1.95. The average molecular weight is 335 g/mol. The maximum absolute atomic E-state index is 13.9. The van der Waals surface area contributed by atoms with Crippen molar-refractivity contribution in [3.8, 4) is 17.8 Å². The van der Waals surface area contributed by atoms with Gasteiger partial charge in [-0.1, -0.05) is 12.1 Å². The lowest BCUT2D eigenvalue weighted by Crippen LogP contribution is -2.06. The molecule has 25 heavy (non-hydrogen) atoms. The largest absolute Gasteiger partial charge is 0.473 e. The summed E-state index contributed by atoms with van der Waals surface area (Å²) in [6, 6.07) is 11.6. The summed E-state index contributed by atoms with van der Waals surface area (Å²) in [5, 5.41) is 16.5. The normalized spacial score (nSPS) is 12.6. The first-order valence-corrected chi connectivity index (χ1v) is 7.80. The van der Waals surface area contributed by atoms with Gasteiger partial charge in [-0.2, -0.15) is 15.3 Å². The first-order valence-electron chi connectivity index (χ1n) is 7.80. The molecule has 0 amide bonds. The first-order chi connectivity index (χ1) is 12.2. The topological polar surface area (TPSA) is 75.8 Å². The number of benzene rings is 1. The summed E-state index contributed by atoms with van der Waals surface area (Å²) in [5.74, 6) is 0.563. The Morgan fingerprint density at radius 2 is 2.20 bits per heavy atom. The maximum atomic E-state index is 13.9. The fourth-order valence-electron chi connectivity index (χ4n) is 2.67. The van der Waals surface area contributed by atoms with Gasteiger partial charge in [0, 0.05) is 36.5 Å². The number of hydrogen-bond acceptors (Lipinski definition) is 5. The van der Waals surface area contributed by atoms with Crippen LogP contribution in [0.1, 0.15) is 22.4 Å². The molecule has 0 unspecified atom stereocenters. The van der Waals surface area contributed by atoms with Crippen LogP contribution in [0.25, 0.3) is 5.82 Å². The highest BCUT2D eigenvalue weighted by Gasteiger charge is 2.15. The lowest BCUT2D eigenvalue weighted by Gasteiger charge is -2.08. The molecular formula is C18H14FN5O. The van der Waals surface area contributed by atoms with Crippen LogP contribution >= 0.6 is 0 Å². The predicted molar refractivity (Wildman–Crippen MR) is 87.3 cm³/mol. The van der Waals surface area contributed by atoms with Crippen molar-refractivity contribution in [3.63, 3.8) is 0 Å². The van der Waals surface area contributed by atoms with Crippen molar-refractivity contribution in [2.24, 2.45) is 0 Å². The van der Waals surface area contributed by atoms with Gasteiger partial charge in [-0.3, -0.25) is 0 Å². The number of nitriles is 1. The van der Waals surface area contributed by atoms with E-state index in [4.69, 9.17) is 10.00 Å². The molecule has 6 nitrogen and oxygen atoms in total. The van der Waals surface area contributed by atoms with Gasteiger partial charge in [0.2, 0.25) is 5.88 Å². The highest BCUT2D eigenvalue weighted by atomic mass is 19.1. The molecule has 0 saturated carbocycles. The van der Waals surface area contributed by atoms with Crippen molar-refractivity contribution < 1.29 is 9.13 Å².